The molecule has 0 fully saturated rings. The quantitative estimate of drug-likeness (QED) is 0.665. The van der Waals surface area contributed by atoms with Gasteiger partial charge in [-0.1, -0.05) is 36.0 Å². The highest BCUT2D eigenvalue weighted by Crippen LogP contribution is 2.50. The van der Waals surface area contributed by atoms with E-state index in [0.29, 0.717) is 17.1 Å². The maximum Gasteiger partial charge on any atom is 0.411 e. The summed E-state index contributed by atoms with van der Waals surface area (Å²) in [5.41, 5.74) is 1.67. The van der Waals surface area contributed by atoms with E-state index in [1.807, 2.05) is 36.4 Å². The number of carbonyl (C=O) groups is 1. The third-order valence-corrected chi connectivity index (χ3v) is 7.08. The molecule has 0 bridgehead atoms. The normalized spacial score (nSPS) is 12.7. The van der Waals surface area contributed by atoms with Crippen molar-refractivity contribution in [3.63, 3.8) is 0 Å². The summed E-state index contributed by atoms with van der Waals surface area (Å²) >= 11 is 1.54. The number of nitrogens with zero attached hydrogens (tertiary/aromatic N) is 1. The maximum absolute atomic E-state index is 13.5. The molecule has 3 aromatic carbocycles. The number of para-hydroxylation sites is 2. The lowest BCUT2D eigenvalue weighted by Crippen LogP contribution is -2.28. The molecule has 1 aliphatic rings. The van der Waals surface area contributed by atoms with Crippen LogP contribution < -0.4 is 9.62 Å². The van der Waals surface area contributed by atoms with E-state index < -0.39 is 16.1 Å². The van der Waals surface area contributed by atoms with E-state index in [2.05, 4.69) is 10.1 Å². The summed E-state index contributed by atoms with van der Waals surface area (Å²) in [6.45, 7) is 0. The van der Waals surface area contributed by atoms with E-state index in [0.717, 1.165) is 9.79 Å². The molecular weight excluding hydrogens is 396 g/mol. The highest BCUT2D eigenvalue weighted by atomic mass is 32.2. The smallest absolute Gasteiger partial charge is 0.411 e. The van der Waals surface area contributed by atoms with Gasteiger partial charge in [0.15, 0.2) is 0 Å². The van der Waals surface area contributed by atoms with Crippen LogP contribution in [0.15, 0.2) is 87.5 Å². The molecule has 0 aliphatic carbocycles. The number of anilines is 3. The van der Waals surface area contributed by atoms with Crippen LogP contribution in [0.3, 0.4) is 0 Å². The van der Waals surface area contributed by atoms with E-state index in [-0.39, 0.29) is 4.90 Å². The van der Waals surface area contributed by atoms with E-state index >= 15 is 0 Å². The Labute approximate surface area is 167 Å². The van der Waals surface area contributed by atoms with Crippen LogP contribution in [-0.2, 0) is 14.8 Å². The molecule has 8 heteroatoms. The van der Waals surface area contributed by atoms with Crippen molar-refractivity contribution in [3.8, 4) is 0 Å². The van der Waals surface area contributed by atoms with Gasteiger partial charge in [-0.2, -0.15) is 0 Å². The number of carbonyl (C=O) groups excluding carboxylic acids is 1. The van der Waals surface area contributed by atoms with Gasteiger partial charge in [-0.3, -0.25) is 5.32 Å². The molecule has 0 atom stereocenters. The van der Waals surface area contributed by atoms with Crippen LogP contribution in [0.1, 0.15) is 0 Å². The summed E-state index contributed by atoms with van der Waals surface area (Å²) in [6, 6.07) is 20.8. The largest absolute Gasteiger partial charge is 0.453 e. The second-order valence-electron chi connectivity index (χ2n) is 5.95. The Kier molecular flexibility index (Phi) is 4.74. The van der Waals surface area contributed by atoms with Gasteiger partial charge < -0.3 is 4.74 Å². The van der Waals surface area contributed by atoms with Crippen molar-refractivity contribution in [2.45, 2.75) is 14.7 Å². The number of nitrogens with one attached hydrogen (secondary N) is 1. The number of benzene rings is 3. The van der Waals surface area contributed by atoms with Crippen molar-refractivity contribution in [2.75, 3.05) is 16.7 Å². The summed E-state index contributed by atoms with van der Waals surface area (Å²) in [4.78, 5) is 13.2. The number of amides is 1. The third-order valence-electron chi connectivity index (χ3n) is 4.21. The number of sulfonamides is 1. The highest BCUT2D eigenvalue weighted by Gasteiger charge is 2.33. The first-order valence-electron chi connectivity index (χ1n) is 8.37. The molecule has 0 aromatic heterocycles. The Balaban J connectivity index is 1.79. The highest BCUT2D eigenvalue weighted by molar-refractivity contribution is 8.00. The minimum absolute atomic E-state index is 0.124. The summed E-state index contributed by atoms with van der Waals surface area (Å²) < 4.78 is 32.9. The molecule has 6 nitrogen and oxygen atoms in total. The lowest BCUT2D eigenvalue weighted by Gasteiger charge is -2.31. The number of rotatable bonds is 3. The third kappa shape index (κ3) is 3.21. The molecule has 0 saturated carbocycles. The second-order valence-corrected chi connectivity index (χ2v) is 8.82. The fourth-order valence-electron chi connectivity index (χ4n) is 2.91. The predicted octanol–water partition coefficient (Wildman–Crippen LogP) is 4.86. The molecule has 4 rings (SSSR count). The van der Waals surface area contributed by atoms with Crippen LogP contribution >= 0.6 is 11.8 Å². The number of ether oxygens (including phenoxy) is 1. The van der Waals surface area contributed by atoms with Gasteiger partial charge in [0.2, 0.25) is 0 Å². The Bertz CT molecular complexity index is 1100. The fraction of sp³-hybridized carbons (Fsp3) is 0.0500. The second kappa shape index (κ2) is 7.21. The lowest BCUT2D eigenvalue weighted by atomic mass is 10.2. The van der Waals surface area contributed by atoms with Crippen molar-refractivity contribution in [1.82, 2.24) is 0 Å². The molecule has 0 unspecified atom stereocenters. The van der Waals surface area contributed by atoms with Gasteiger partial charge in [0.1, 0.15) is 0 Å². The molecule has 1 amide bonds. The van der Waals surface area contributed by atoms with Gasteiger partial charge in [-0.15, -0.1) is 0 Å². The van der Waals surface area contributed by atoms with Crippen LogP contribution in [0.4, 0.5) is 21.9 Å². The standard InChI is InChI=1S/C20H16N2O4S2/c1-26-20(23)21-14-10-12-15(13-11-14)28(24,25)22-16-6-2-4-8-18(16)27-19-9-5-3-7-17(19)22/h2-13H,1H3,(H,21,23). The zero-order valence-electron chi connectivity index (χ0n) is 14.8. The molecular formula is C20H16N2O4S2. The van der Waals surface area contributed by atoms with Gasteiger partial charge in [-0.25, -0.2) is 17.5 Å². The van der Waals surface area contributed by atoms with Gasteiger partial charge >= 0.3 is 6.09 Å². The Hall–Kier alpha value is -2.97. The lowest BCUT2D eigenvalue weighted by molar-refractivity contribution is 0.187. The number of hydrogen-bond acceptors (Lipinski definition) is 5. The SMILES string of the molecule is COC(=O)Nc1ccc(S(=O)(=O)N2c3ccccc3Sc3ccccc32)cc1. The monoisotopic (exact) mass is 412 g/mol. The average Bonchev–Trinajstić information content (AvgIpc) is 2.72. The molecule has 3 aromatic rings. The van der Waals surface area contributed by atoms with Crippen LogP contribution in [0, 0.1) is 0 Å². The predicted molar refractivity (Wildman–Crippen MR) is 109 cm³/mol. The van der Waals surface area contributed by atoms with Crippen molar-refractivity contribution in [1.29, 1.82) is 0 Å². The zero-order chi connectivity index (χ0) is 19.7. The van der Waals surface area contributed by atoms with Crippen molar-refractivity contribution in [3.05, 3.63) is 72.8 Å². The minimum Gasteiger partial charge on any atom is -0.453 e. The van der Waals surface area contributed by atoms with E-state index in [9.17, 15) is 13.2 Å². The van der Waals surface area contributed by atoms with Crippen molar-refractivity contribution in [2.24, 2.45) is 0 Å². The van der Waals surface area contributed by atoms with E-state index in [1.54, 1.807) is 23.9 Å². The Morgan fingerprint density at radius 3 is 1.96 bits per heavy atom. The molecule has 0 saturated heterocycles. The molecule has 1 N–H and O–H groups in total. The first kappa shape index (κ1) is 18.4. The topological polar surface area (TPSA) is 75.7 Å². The van der Waals surface area contributed by atoms with Crippen LogP contribution in [0.5, 0.6) is 0 Å². The van der Waals surface area contributed by atoms with Crippen LogP contribution in [-0.4, -0.2) is 21.6 Å². The summed E-state index contributed by atoms with van der Waals surface area (Å²) in [5, 5.41) is 2.51. The Morgan fingerprint density at radius 2 is 1.43 bits per heavy atom. The van der Waals surface area contributed by atoms with E-state index in [1.165, 1.54) is 35.7 Å². The number of methoxy groups -OCH3 is 1. The summed E-state index contributed by atoms with van der Waals surface area (Å²) in [5.74, 6) is 0. The summed E-state index contributed by atoms with van der Waals surface area (Å²) in [7, 11) is -2.60. The van der Waals surface area contributed by atoms with E-state index in [4.69, 9.17) is 0 Å². The maximum atomic E-state index is 13.5. The first-order chi connectivity index (χ1) is 13.5. The molecule has 0 spiro atoms. The zero-order valence-corrected chi connectivity index (χ0v) is 16.5. The molecule has 28 heavy (non-hydrogen) atoms. The van der Waals surface area contributed by atoms with Crippen molar-refractivity contribution < 1.29 is 17.9 Å². The first-order valence-corrected chi connectivity index (χ1v) is 10.6. The molecule has 1 aliphatic heterocycles. The average molecular weight is 412 g/mol. The van der Waals surface area contributed by atoms with Crippen LogP contribution in [0.25, 0.3) is 0 Å². The number of fused-ring (bicyclic) bond motifs is 2. The minimum atomic E-state index is -3.86. The van der Waals surface area contributed by atoms with Gasteiger partial charge in [0.25, 0.3) is 10.0 Å². The summed E-state index contributed by atoms with van der Waals surface area (Å²) in [6.07, 6.45) is -0.619. The fourth-order valence-corrected chi connectivity index (χ4v) is 5.61. The Morgan fingerprint density at radius 1 is 0.893 bits per heavy atom. The molecule has 0 radical (unpaired) electrons. The van der Waals surface area contributed by atoms with Crippen molar-refractivity contribution >= 4 is 44.9 Å². The molecule has 1 heterocycles. The number of hydrogen-bond donors (Lipinski definition) is 1. The van der Waals surface area contributed by atoms with Crippen LogP contribution in [0.2, 0.25) is 0 Å². The van der Waals surface area contributed by atoms with Gasteiger partial charge in [-0.05, 0) is 48.5 Å². The van der Waals surface area contributed by atoms with Gasteiger partial charge in [0, 0.05) is 15.5 Å². The van der Waals surface area contributed by atoms with Gasteiger partial charge in [0.05, 0.1) is 23.4 Å². The molecule has 142 valence electrons.